The topological polar surface area (TPSA) is 56.2 Å². The Hall–Kier alpha value is -3.92. The van der Waals surface area contributed by atoms with Crippen LogP contribution in [0.2, 0.25) is 0 Å². The molecule has 0 fully saturated rings. The van der Waals surface area contributed by atoms with Crippen LogP contribution in [0.5, 0.6) is 0 Å². The van der Waals surface area contributed by atoms with Crippen molar-refractivity contribution in [2.24, 2.45) is 5.41 Å². The standard InChI is InChI=1S/C33H36N4/c1-5-33(6-2,7-3)23(4)29-22-32-35-30(26-17-19-28(34)20-18-26)21-31(37(32)36-29)27-15-13-25(14-16-27)24-11-9-8-10-12-24/h8-23H,5-7,34H2,1-4H3. The Kier molecular flexibility index (Phi) is 6.84. The molecule has 0 amide bonds. The lowest BCUT2D eigenvalue weighted by Crippen LogP contribution is -2.25. The second-order valence-electron chi connectivity index (χ2n) is 10.1. The number of rotatable bonds is 8. The highest BCUT2D eigenvalue weighted by molar-refractivity contribution is 5.74. The normalized spacial score (nSPS) is 12.6. The van der Waals surface area contributed by atoms with Crippen LogP contribution in [0.25, 0.3) is 39.3 Å². The summed E-state index contributed by atoms with van der Waals surface area (Å²) in [6.07, 6.45) is 3.40. The van der Waals surface area contributed by atoms with Crippen molar-refractivity contribution in [2.45, 2.75) is 52.9 Å². The van der Waals surface area contributed by atoms with E-state index < -0.39 is 0 Å². The fourth-order valence-corrected chi connectivity index (χ4v) is 5.66. The molecule has 0 aliphatic rings. The molecule has 2 aromatic heterocycles. The molecule has 0 bridgehead atoms. The highest BCUT2D eigenvalue weighted by Crippen LogP contribution is 2.44. The zero-order valence-corrected chi connectivity index (χ0v) is 22.3. The van der Waals surface area contributed by atoms with Gasteiger partial charge < -0.3 is 5.73 Å². The molecule has 1 unspecified atom stereocenters. The van der Waals surface area contributed by atoms with Gasteiger partial charge in [-0.05, 0) is 54.0 Å². The van der Waals surface area contributed by atoms with E-state index in [0.717, 1.165) is 58.8 Å². The predicted octanol–water partition coefficient (Wildman–Crippen LogP) is 8.63. The summed E-state index contributed by atoms with van der Waals surface area (Å²) in [6.45, 7) is 9.23. The van der Waals surface area contributed by atoms with Crippen LogP contribution in [-0.2, 0) is 0 Å². The van der Waals surface area contributed by atoms with Gasteiger partial charge in [-0.3, -0.25) is 0 Å². The number of nitrogens with zero attached hydrogens (tertiary/aromatic N) is 3. The van der Waals surface area contributed by atoms with E-state index in [1.165, 1.54) is 11.1 Å². The molecule has 4 nitrogen and oxygen atoms in total. The fraction of sp³-hybridized carbons (Fsp3) is 0.273. The van der Waals surface area contributed by atoms with Gasteiger partial charge in [-0.15, -0.1) is 0 Å². The molecule has 188 valence electrons. The smallest absolute Gasteiger partial charge is 0.156 e. The zero-order chi connectivity index (χ0) is 26.0. The van der Waals surface area contributed by atoms with Gasteiger partial charge in [0.05, 0.1) is 17.1 Å². The molecular formula is C33H36N4. The van der Waals surface area contributed by atoms with Gasteiger partial charge in [-0.2, -0.15) is 5.10 Å². The second kappa shape index (κ2) is 10.2. The lowest BCUT2D eigenvalue weighted by molar-refractivity contribution is 0.199. The van der Waals surface area contributed by atoms with Gasteiger partial charge in [-0.1, -0.05) is 94.4 Å². The summed E-state index contributed by atoms with van der Waals surface area (Å²) in [4.78, 5) is 5.05. The largest absolute Gasteiger partial charge is 0.399 e. The van der Waals surface area contributed by atoms with Crippen LogP contribution < -0.4 is 5.73 Å². The zero-order valence-electron chi connectivity index (χ0n) is 22.3. The molecule has 37 heavy (non-hydrogen) atoms. The van der Waals surface area contributed by atoms with Crippen LogP contribution in [0.3, 0.4) is 0 Å². The van der Waals surface area contributed by atoms with Crippen molar-refractivity contribution < 1.29 is 0 Å². The molecule has 0 aliphatic carbocycles. The number of nitrogens with two attached hydrogens (primary N) is 1. The van der Waals surface area contributed by atoms with E-state index >= 15 is 0 Å². The van der Waals surface area contributed by atoms with E-state index in [2.05, 4.69) is 88.4 Å². The van der Waals surface area contributed by atoms with E-state index in [4.69, 9.17) is 15.8 Å². The van der Waals surface area contributed by atoms with E-state index in [1.54, 1.807) is 0 Å². The van der Waals surface area contributed by atoms with Crippen LogP contribution in [0.4, 0.5) is 5.69 Å². The molecule has 3 aromatic carbocycles. The first-order valence-electron chi connectivity index (χ1n) is 13.4. The number of aromatic nitrogens is 3. The molecule has 1 atom stereocenters. The molecule has 0 saturated heterocycles. The number of anilines is 1. The van der Waals surface area contributed by atoms with Gasteiger partial charge in [-0.25, -0.2) is 9.50 Å². The van der Waals surface area contributed by atoms with E-state index in [-0.39, 0.29) is 5.41 Å². The van der Waals surface area contributed by atoms with Crippen molar-refractivity contribution in [3.8, 4) is 33.6 Å². The quantitative estimate of drug-likeness (QED) is 0.222. The van der Waals surface area contributed by atoms with Crippen molar-refractivity contribution >= 4 is 11.3 Å². The molecule has 0 spiro atoms. The molecule has 0 radical (unpaired) electrons. The first kappa shape index (κ1) is 24.8. The van der Waals surface area contributed by atoms with E-state index in [0.29, 0.717) is 5.92 Å². The molecule has 4 heteroatoms. The maximum absolute atomic E-state index is 5.96. The molecule has 5 aromatic rings. The van der Waals surface area contributed by atoms with Gasteiger partial charge >= 0.3 is 0 Å². The highest BCUT2D eigenvalue weighted by Gasteiger charge is 2.33. The van der Waals surface area contributed by atoms with Crippen molar-refractivity contribution in [1.82, 2.24) is 14.6 Å². The van der Waals surface area contributed by atoms with Crippen LogP contribution in [-0.4, -0.2) is 14.6 Å². The first-order valence-corrected chi connectivity index (χ1v) is 13.4. The maximum atomic E-state index is 5.96. The highest BCUT2D eigenvalue weighted by atomic mass is 15.3. The lowest BCUT2D eigenvalue weighted by Gasteiger charge is -2.36. The fourth-order valence-electron chi connectivity index (χ4n) is 5.66. The number of benzene rings is 3. The summed E-state index contributed by atoms with van der Waals surface area (Å²) >= 11 is 0. The molecule has 0 aliphatic heterocycles. The van der Waals surface area contributed by atoms with Gasteiger partial charge in [0.25, 0.3) is 0 Å². The average Bonchev–Trinajstić information content (AvgIpc) is 3.39. The Morgan fingerprint density at radius 3 is 1.92 bits per heavy atom. The number of nitrogen functional groups attached to an aromatic ring is 1. The molecule has 5 rings (SSSR count). The Morgan fingerprint density at radius 2 is 1.30 bits per heavy atom. The third-order valence-electron chi connectivity index (χ3n) is 8.41. The number of fused-ring (bicyclic) bond motifs is 1. The molecular weight excluding hydrogens is 452 g/mol. The minimum atomic E-state index is 0.231. The average molecular weight is 489 g/mol. The predicted molar refractivity (Wildman–Crippen MR) is 155 cm³/mol. The molecule has 2 N–H and O–H groups in total. The van der Waals surface area contributed by atoms with Crippen molar-refractivity contribution in [2.75, 3.05) is 5.73 Å². The van der Waals surface area contributed by atoms with Crippen molar-refractivity contribution in [1.29, 1.82) is 0 Å². The third kappa shape index (κ3) is 4.64. The van der Waals surface area contributed by atoms with E-state index in [9.17, 15) is 0 Å². The Bertz CT molecular complexity index is 1470. The maximum Gasteiger partial charge on any atom is 0.156 e. The van der Waals surface area contributed by atoms with Gasteiger partial charge in [0.15, 0.2) is 5.65 Å². The summed E-state index contributed by atoms with van der Waals surface area (Å²) < 4.78 is 2.02. The monoisotopic (exact) mass is 488 g/mol. The third-order valence-corrected chi connectivity index (χ3v) is 8.41. The van der Waals surface area contributed by atoms with Crippen LogP contribution >= 0.6 is 0 Å². The molecule has 2 heterocycles. The summed E-state index contributed by atoms with van der Waals surface area (Å²) in [6, 6.07) is 31.5. The minimum absolute atomic E-state index is 0.231. The number of hydrogen-bond donors (Lipinski definition) is 1. The lowest BCUT2D eigenvalue weighted by atomic mass is 9.69. The Morgan fingerprint density at radius 1 is 0.730 bits per heavy atom. The first-order chi connectivity index (χ1) is 18.0. The van der Waals surface area contributed by atoms with Crippen molar-refractivity contribution in [3.05, 3.63) is 96.7 Å². The minimum Gasteiger partial charge on any atom is -0.399 e. The van der Waals surface area contributed by atoms with Crippen molar-refractivity contribution in [3.63, 3.8) is 0 Å². The van der Waals surface area contributed by atoms with Crippen LogP contribution in [0.15, 0.2) is 91.0 Å². The summed E-state index contributed by atoms with van der Waals surface area (Å²) in [5, 5.41) is 5.16. The van der Waals surface area contributed by atoms with Crippen LogP contribution in [0.1, 0.15) is 58.6 Å². The number of hydrogen-bond acceptors (Lipinski definition) is 3. The summed E-state index contributed by atoms with van der Waals surface area (Å²) in [5.41, 5.74) is 15.4. The second-order valence-corrected chi connectivity index (χ2v) is 10.1. The Balaban J connectivity index is 1.66. The van der Waals surface area contributed by atoms with Gasteiger partial charge in [0.1, 0.15) is 0 Å². The summed E-state index contributed by atoms with van der Waals surface area (Å²) in [5.74, 6) is 0.336. The van der Waals surface area contributed by atoms with Gasteiger partial charge in [0, 0.05) is 28.8 Å². The van der Waals surface area contributed by atoms with Gasteiger partial charge in [0.2, 0.25) is 0 Å². The van der Waals surface area contributed by atoms with E-state index in [1.807, 2.05) is 34.8 Å². The Labute approximate surface area is 220 Å². The molecule has 0 saturated carbocycles. The SMILES string of the molecule is CCC(CC)(CC)C(C)c1cc2nc(-c3ccc(N)cc3)cc(-c3ccc(-c4ccccc4)cc3)n2n1. The summed E-state index contributed by atoms with van der Waals surface area (Å²) in [7, 11) is 0. The van der Waals surface area contributed by atoms with Crippen LogP contribution in [0, 0.1) is 5.41 Å².